The smallest absolute Gasteiger partial charge is 0.220 e. The molecule has 0 radical (unpaired) electrons. The van der Waals surface area contributed by atoms with Gasteiger partial charge in [-0.1, -0.05) is 170 Å². The van der Waals surface area contributed by atoms with Gasteiger partial charge in [-0.2, -0.15) is 0 Å². The molecule has 0 spiro atoms. The highest BCUT2D eigenvalue weighted by Crippen LogP contribution is 2.46. The Bertz CT molecular complexity index is 9460. The Morgan fingerprint density at radius 3 is 0.815 bits per heavy atom. The minimum Gasteiger partial charge on any atom is -0.454 e. The minimum atomic E-state index is 0.791. The molecule has 554 valence electrons. The molecule has 0 aliphatic rings. The van der Waals surface area contributed by atoms with Crippen molar-refractivity contribution in [1.29, 1.82) is 0 Å². The van der Waals surface area contributed by atoms with Gasteiger partial charge in [0.15, 0.2) is 11.2 Å². The predicted octanol–water partition coefficient (Wildman–Crippen LogP) is 24.0. The molecule has 18 heteroatoms. The lowest BCUT2D eigenvalue weighted by Gasteiger charge is -2.10. The standard InChI is InChI=1S/C51H29N9O.C50H29N7O/c1-4-17-35-32(14-1)52-49-55(38-20-7-8-21-39(38)56(35)49)30-27-28-42-45(29-30)58-37-19-6-3-16-34(37)54-51(58)59(42)43-24-12-26-46-47(43)31-13-11-25-44(48(31)61-46)60-41-23-10-9-22-40(41)57-36-18-5-2-15-33(36)53-50(57)60;1-5-18-36-31(13-1)32-14-2-6-19-37(32)54(36)44-25-11-15-33-47-43(24-12-26-46(47)58-48(33)44)57-42-28-27-30(29-45(42)56-39-21-8-4-17-35(39)52-50(56)57)53-40-22-9-10-23-41(40)55-38-20-7-3-16-34(38)51-49(53)55/h1-29H;1-29H. The van der Waals surface area contributed by atoms with Gasteiger partial charge in [-0.15, -0.1) is 0 Å². The van der Waals surface area contributed by atoms with Crippen molar-refractivity contribution in [2.24, 2.45) is 0 Å². The molecular weight excluding hydrogens is 1470 g/mol. The first-order valence-corrected chi connectivity index (χ1v) is 39.9. The topological polar surface area (TPSA) is 142 Å². The van der Waals surface area contributed by atoms with Crippen molar-refractivity contribution in [3.05, 3.63) is 352 Å². The van der Waals surface area contributed by atoms with Gasteiger partial charge in [0.25, 0.3) is 0 Å². The van der Waals surface area contributed by atoms with Crippen LogP contribution in [0.1, 0.15) is 0 Å². The summed E-state index contributed by atoms with van der Waals surface area (Å²) in [6.45, 7) is 0. The van der Waals surface area contributed by atoms with Crippen LogP contribution in [0.25, 0.3) is 239 Å². The van der Waals surface area contributed by atoms with Gasteiger partial charge in [0, 0.05) is 21.5 Å². The van der Waals surface area contributed by atoms with E-state index < -0.39 is 0 Å². The molecule has 0 saturated carbocycles. The molecule has 0 amide bonds. The summed E-state index contributed by atoms with van der Waals surface area (Å²) >= 11 is 0. The Kier molecular flexibility index (Phi) is 12.1. The first-order valence-electron chi connectivity index (χ1n) is 39.9. The molecule has 13 heterocycles. The van der Waals surface area contributed by atoms with Crippen molar-refractivity contribution in [1.82, 2.24) is 74.3 Å². The van der Waals surface area contributed by atoms with Crippen LogP contribution in [0.5, 0.6) is 0 Å². The van der Waals surface area contributed by atoms with Gasteiger partial charge in [0.05, 0.1) is 166 Å². The lowest BCUT2D eigenvalue weighted by molar-refractivity contribution is 0.666. The van der Waals surface area contributed by atoms with Crippen LogP contribution >= 0.6 is 0 Å². The Labute approximate surface area is 670 Å². The molecular formula is C101H58N16O2. The van der Waals surface area contributed by atoms with E-state index in [4.69, 9.17) is 33.8 Å². The monoisotopic (exact) mass is 1530 g/mol. The van der Waals surface area contributed by atoms with Gasteiger partial charge < -0.3 is 13.4 Å². The maximum absolute atomic E-state index is 6.96. The second kappa shape index (κ2) is 23.0. The number of nitrogens with zero attached hydrogens (tertiary/aromatic N) is 16. The first-order chi connectivity index (χ1) is 59.1. The number of hydrogen-bond acceptors (Lipinski definition) is 7. The summed E-state index contributed by atoms with van der Waals surface area (Å²) < 4.78 is 39.0. The van der Waals surface area contributed by atoms with Gasteiger partial charge in [0.1, 0.15) is 11.2 Å². The third kappa shape index (κ3) is 8.28. The number of fused-ring (bicyclic) bond motifs is 34. The van der Waals surface area contributed by atoms with Gasteiger partial charge in [0.2, 0.25) is 28.9 Å². The number of rotatable bonds is 6. The zero-order valence-electron chi connectivity index (χ0n) is 63.0. The number of aromatic nitrogens is 16. The predicted molar refractivity (Wildman–Crippen MR) is 477 cm³/mol. The van der Waals surface area contributed by atoms with E-state index in [2.05, 4.69) is 383 Å². The zero-order chi connectivity index (χ0) is 77.1. The first kappa shape index (κ1) is 62.8. The molecule has 119 heavy (non-hydrogen) atoms. The van der Waals surface area contributed by atoms with E-state index in [0.717, 1.165) is 228 Å². The number of para-hydroxylation sites is 20. The van der Waals surface area contributed by atoms with Crippen LogP contribution in [0.2, 0.25) is 0 Å². The third-order valence-corrected chi connectivity index (χ3v) is 24.7. The number of furan rings is 2. The fourth-order valence-corrected chi connectivity index (χ4v) is 19.9. The summed E-state index contributed by atoms with van der Waals surface area (Å²) in [6, 6.07) is 124. The maximum Gasteiger partial charge on any atom is 0.220 e. The van der Waals surface area contributed by atoms with Crippen molar-refractivity contribution in [2.75, 3.05) is 0 Å². The normalized spacial score (nSPS) is 12.5. The highest BCUT2D eigenvalue weighted by atomic mass is 16.3. The van der Waals surface area contributed by atoms with Crippen molar-refractivity contribution >= 4 is 205 Å². The van der Waals surface area contributed by atoms with Crippen LogP contribution in [-0.4, -0.2) is 74.3 Å². The van der Waals surface area contributed by atoms with E-state index in [1.54, 1.807) is 0 Å². The van der Waals surface area contributed by atoms with Crippen LogP contribution in [0.4, 0.5) is 0 Å². The molecule has 0 atom stereocenters. The number of hydrogen-bond donors (Lipinski definition) is 0. The molecule has 13 aromatic heterocycles. The van der Waals surface area contributed by atoms with Crippen LogP contribution in [0.15, 0.2) is 361 Å². The zero-order valence-corrected chi connectivity index (χ0v) is 63.0. The Morgan fingerprint density at radius 2 is 0.437 bits per heavy atom. The van der Waals surface area contributed by atoms with Crippen molar-refractivity contribution in [2.45, 2.75) is 0 Å². The molecule has 0 aliphatic carbocycles. The van der Waals surface area contributed by atoms with E-state index in [0.29, 0.717) is 0 Å². The summed E-state index contributed by atoms with van der Waals surface area (Å²) in [5.74, 6) is 4.24. The molecule has 0 aliphatic heterocycles. The fraction of sp³-hybridized carbons (Fsp3) is 0. The summed E-state index contributed by atoms with van der Waals surface area (Å²) in [4.78, 5) is 26.2. The molecule has 16 aromatic carbocycles. The third-order valence-electron chi connectivity index (χ3n) is 24.7. The Morgan fingerprint density at radius 1 is 0.176 bits per heavy atom. The average Bonchev–Trinajstić information content (AvgIpc) is 1.54. The molecule has 18 nitrogen and oxygen atoms in total. The number of imidazole rings is 10. The van der Waals surface area contributed by atoms with E-state index in [-0.39, 0.29) is 0 Å². The van der Waals surface area contributed by atoms with Crippen LogP contribution in [-0.2, 0) is 0 Å². The van der Waals surface area contributed by atoms with Crippen LogP contribution in [0, 0.1) is 0 Å². The largest absolute Gasteiger partial charge is 0.454 e. The van der Waals surface area contributed by atoms with Crippen molar-refractivity contribution < 1.29 is 8.83 Å². The van der Waals surface area contributed by atoms with Crippen molar-refractivity contribution in [3.8, 4) is 34.1 Å². The summed E-state index contributed by atoms with van der Waals surface area (Å²) in [6.07, 6.45) is 0. The molecule has 0 fully saturated rings. The molecule has 0 saturated heterocycles. The second-order valence-corrected chi connectivity index (χ2v) is 30.9. The lowest BCUT2D eigenvalue weighted by Crippen LogP contribution is -1.98. The highest BCUT2D eigenvalue weighted by molar-refractivity contribution is 6.17. The van der Waals surface area contributed by atoms with E-state index in [9.17, 15) is 0 Å². The maximum atomic E-state index is 6.96. The quantitative estimate of drug-likeness (QED) is 0.161. The molecule has 29 rings (SSSR count). The van der Waals surface area contributed by atoms with Crippen LogP contribution in [0.3, 0.4) is 0 Å². The van der Waals surface area contributed by atoms with Gasteiger partial charge >= 0.3 is 0 Å². The summed E-state index contributed by atoms with van der Waals surface area (Å²) in [7, 11) is 0. The van der Waals surface area contributed by atoms with E-state index in [1.165, 1.54) is 10.8 Å². The average molecular weight is 1530 g/mol. The van der Waals surface area contributed by atoms with Gasteiger partial charge in [-0.05, 0) is 182 Å². The molecule has 29 aromatic rings. The minimum absolute atomic E-state index is 0.791. The molecule has 0 bridgehead atoms. The van der Waals surface area contributed by atoms with Gasteiger partial charge in [-0.25, -0.2) is 24.9 Å². The van der Waals surface area contributed by atoms with E-state index >= 15 is 0 Å². The van der Waals surface area contributed by atoms with Gasteiger partial charge in [-0.3, -0.25) is 44.8 Å². The summed E-state index contributed by atoms with van der Waals surface area (Å²) in [5, 5.41) is 6.54. The highest BCUT2D eigenvalue weighted by Gasteiger charge is 2.29. The summed E-state index contributed by atoms with van der Waals surface area (Å²) in [5.41, 5.74) is 32.2. The molecule has 0 N–H and O–H groups in total. The Balaban J connectivity index is 0.000000124. The molecule has 0 unspecified atom stereocenters. The second-order valence-electron chi connectivity index (χ2n) is 30.9. The number of benzene rings is 16. The van der Waals surface area contributed by atoms with E-state index in [1.807, 2.05) is 18.2 Å². The fourth-order valence-electron chi connectivity index (χ4n) is 19.9. The SMILES string of the molecule is c1ccc2c(c1)nc1n(-c3ccc4c(c3)n3c5ccccc5nc3n4-c3cccc4oc5c(-n6c7ccccc7c7ccccc76)cccc5c34)c3ccccc3n21.c1ccc2c(c1)nc1n(-c3ccc4c(c3)n3c5ccccc5nc3n4-c3cccc4oc5c(-n6c7ccccc7n7c8ccccc8nc67)cccc5c34)c3ccccc3n21. The lowest BCUT2D eigenvalue weighted by atomic mass is 10.1. The van der Waals surface area contributed by atoms with Crippen LogP contribution < -0.4 is 0 Å². The Hall–Kier alpha value is -16.7. The van der Waals surface area contributed by atoms with Crippen molar-refractivity contribution in [3.63, 3.8) is 0 Å².